The number of carboxylic acid groups (broad SMARTS) is 2. The fourth-order valence-corrected chi connectivity index (χ4v) is 5.06. The molecule has 3 heterocycles. The number of hydrogen-bond acceptors (Lipinski definition) is 6. The summed E-state index contributed by atoms with van der Waals surface area (Å²) in [6.45, 7) is 12.4. The normalized spacial score (nSPS) is 18.5. The Labute approximate surface area is 220 Å². The van der Waals surface area contributed by atoms with Crippen molar-refractivity contribution < 1.29 is 50.9 Å². The fraction of sp³-hybridized carbons (Fsp3) is 0.696. The molecule has 0 unspecified atom stereocenters. The van der Waals surface area contributed by atoms with E-state index >= 15 is 0 Å². The highest BCUT2D eigenvalue weighted by atomic mass is 32.1. The van der Waals surface area contributed by atoms with E-state index in [1.54, 1.807) is 0 Å². The SMILES string of the molecule is Cc1ccc(CN2CCC3(CC2)C(=O)N(CC(C)C)CCN3C)s1.O=C(O)C(F)(F)F.O=C(O)C(F)(F)F. The van der Waals surface area contributed by atoms with Crippen LogP contribution in [0.1, 0.15) is 36.4 Å². The highest BCUT2D eigenvalue weighted by Crippen LogP contribution is 2.34. The number of carbonyl (C=O) groups excluding carboxylic acids is 1. The standard InChI is InChI=1S/C19H31N3OS.2C2HF3O2/c1-15(2)13-22-12-11-20(4)19(18(22)23)7-9-21(10-8-19)14-17-6-5-16(3)24-17;2*3-2(4,5)1(6)7/h5-6,15H,7-14H2,1-4H3;2*(H,6,7). The topological polar surface area (TPSA) is 101 Å². The molecule has 3 rings (SSSR count). The fourth-order valence-electron chi connectivity index (χ4n) is 4.13. The number of aryl methyl sites for hydroxylation is 1. The van der Waals surface area contributed by atoms with Crippen LogP contribution in [-0.2, 0) is 20.9 Å². The number of nitrogens with zero attached hydrogens (tertiary/aromatic N) is 3. The van der Waals surface area contributed by atoms with Crippen molar-refractivity contribution in [1.82, 2.24) is 14.7 Å². The molecule has 15 heteroatoms. The molecule has 1 spiro atoms. The minimum absolute atomic E-state index is 0.255. The maximum absolute atomic E-state index is 13.2. The molecule has 218 valence electrons. The van der Waals surface area contributed by atoms with Crippen LogP contribution < -0.4 is 0 Å². The Balaban J connectivity index is 0.000000426. The van der Waals surface area contributed by atoms with Crippen molar-refractivity contribution in [3.05, 3.63) is 21.9 Å². The molecule has 0 saturated carbocycles. The van der Waals surface area contributed by atoms with Crippen LogP contribution in [0.2, 0.25) is 0 Å². The molecule has 0 aliphatic carbocycles. The number of amides is 1. The number of piperazine rings is 1. The first kappa shape index (κ1) is 33.6. The Morgan fingerprint density at radius 1 is 0.974 bits per heavy atom. The number of thiophene rings is 1. The predicted molar refractivity (Wildman–Crippen MR) is 128 cm³/mol. The van der Waals surface area contributed by atoms with Crippen molar-refractivity contribution in [3.63, 3.8) is 0 Å². The van der Waals surface area contributed by atoms with Crippen molar-refractivity contribution in [2.75, 3.05) is 39.8 Å². The molecular formula is C23H33F6N3O5S. The van der Waals surface area contributed by atoms with Gasteiger partial charge in [0.05, 0.1) is 0 Å². The molecule has 1 aromatic heterocycles. The first-order valence-corrected chi connectivity index (χ1v) is 12.5. The summed E-state index contributed by atoms with van der Waals surface area (Å²) < 4.78 is 63.5. The zero-order valence-corrected chi connectivity index (χ0v) is 22.3. The second kappa shape index (κ2) is 13.6. The highest BCUT2D eigenvalue weighted by Gasteiger charge is 2.49. The van der Waals surface area contributed by atoms with Crippen molar-refractivity contribution in [2.45, 2.75) is 58.0 Å². The molecule has 38 heavy (non-hydrogen) atoms. The summed E-state index contributed by atoms with van der Waals surface area (Å²) in [5, 5.41) is 14.2. The summed E-state index contributed by atoms with van der Waals surface area (Å²) in [6, 6.07) is 4.44. The third-order valence-corrected chi connectivity index (χ3v) is 7.04. The summed E-state index contributed by atoms with van der Waals surface area (Å²) in [5.41, 5.74) is -0.255. The van der Waals surface area contributed by atoms with E-state index in [-0.39, 0.29) is 5.54 Å². The lowest BCUT2D eigenvalue weighted by Crippen LogP contribution is -2.67. The Bertz CT molecular complexity index is 919. The molecule has 1 amide bonds. The van der Waals surface area contributed by atoms with Gasteiger partial charge in [-0.05, 0) is 44.9 Å². The Morgan fingerprint density at radius 2 is 1.45 bits per heavy atom. The predicted octanol–water partition coefficient (Wildman–Crippen LogP) is 4.09. The van der Waals surface area contributed by atoms with Crippen molar-refractivity contribution in [3.8, 4) is 0 Å². The molecule has 0 radical (unpaired) electrons. The molecule has 0 atom stereocenters. The van der Waals surface area contributed by atoms with Gasteiger partial charge in [-0.2, -0.15) is 26.3 Å². The van der Waals surface area contributed by atoms with E-state index < -0.39 is 24.3 Å². The van der Waals surface area contributed by atoms with Crippen LogP contribution in [0.5, 0.6) is 0 Å². The van der Waals surface area contributed by atoms with E-state index in [1.165, 1.54) is 9.75 Å². The summed E-state index contributed by atoms with van der Waals surface area (Å²) in [7, 11) is 2.14. The van der Waals surface area contributed by atoms with Gasteiger partial charge in [0, 0.05) is 49.0 Å². The van der Waals surface area contributed by atoms with Crippen LogP contribution in [0.15, 0.2) is 12.1 Å². The van der Waals surface area contributed by atoms with Gasteiger partial charge >= 0.3 is 24.3 Å². The van der Waals surface area contributed by atoms with Crippen LogP contribution in [0, 0.1) is 12.8 Å². The summed E-state index contributed by atoms with van der Waals surface area (Å²) in [6.07, 6.45) is -8.25. The summed E-state index contributed by atoms with van der Waals surface area (Å²) >= 11 is 1.89. The van der Waals surface area contributed by atoms with Gasteiger partial charge in [0.2, 0.25) is 5.91 Å². The molecule has 2 aliphatic heterocycles. The second-order valence-corrected chi connectivity index (χ2v) is 10.9. The Hall–Kier alpha value is -2.39. The van der Waals surface area contributed by atoms with Crippen LogP contribution in [-0.4, -0.2) is 100 Å². The number of halogens is 6. The molecule has 1 aromatic rings. The molecule has 2 fully saturated rings. The van der Waals surface area contributed by atoms with E-state index in [0.29, 0.717) is 11.8 Å². The quantitative estimate of drug-likeness (QED) is 0.520. The van der Waals surface area contributed by atoms with Gasteiger partial charge in [-0.1, -0.05) is 13.8 Å². The van der Waals surface area contributed by atoms with Gasteiger partial charge in [-0.25, -0.2) is 9.59 Å². The highest BCUT2D eigenvalue weighted by molar-refractivity contribution is 7.11. The zero-order chi connectivity index (χ0) is 29.5. The van der Waals surface area contributed by atoms with Crippen LogP contribution in [0.25, 0.3) is 0 Å². The minimum Gasteiger partial charge on any atom is -0.475 e. The number of likely N-dealkylation sites (N-methyl/N-ethyl adjacent to an activating group) is 1. The monoisotopic (exact) mass is 577 g/mol. The Kier molecular flexibility index (Phi) is 12.0. The molecule has 2 aliphatic rings. The zero-order valence-electron chi connectivity index (χ0n) is 21.5. The Morgan fingerprint density at radius 3 is 1.82 bits per heavy atom. The molecule has 2 saturated heterocycles. The lowest BCUT2D eigenvalue weighted by atomic mass is 9.82. The number of carbonyl (C=O) groups is 3. The van der Waals surface area contributed by atoms with Crippen molar-refractivity contribution in [2.24, 2.45) is 5.92 Å². The summed E-state index contributed by atoms with van der Waals surface area (Å²) in [4.78, 5) is 40.8. The largest absolute Gasteiger partial charge is 0.490 e. The third-order valence-electron chi connectivity index (χ3n) is 6.05. The van der Waals surface area contributed by atoms with Gasteiger partial charge in [0.15, 0.2) is 0 Å². The molecule has 0 bridgehead atoms. The maximum Gasteiger partial charge on any atom is 0.490 e. The van der Waals surface area contributed by atoms with Gasteiger partial charge in [-0.3, -0.25) is 14.6 Å². The first-order chi connectivity index (χ1) is 17.3. The molecule has 0 aromatic carbocycles. The number of carboxylic acids is 2. The average molecular weight is 578 g/mol. The number of aliphatic carboxylic acids is 2. The minimum atomic E-state index is -5.08. The van der Waals surface area contributed by atoms with E-state index in [2.05, 4.69) is 54.7 Å². The van der Waals surface area contributed by atoms with Crippen molar-refractivity contribution in [1.29, 1.82) is 0 Å². The second-order valence-electron chi connectivity index (χ2n) is 9.49. The lowest BCUT2D eigenvalue weighted by Gasteiger charge is -2.52. The van der Waals surface area contributed by atoms with Crippen LogP contribution in [0.4, 0.5) is 26.3 Å². The third kappa shape index (κ3) is 10.1. The molecular weight excluding hydrogens is 544 g/mol. The first-order valence-electron chi connectivity index (χ1n) is 11.7. The van der Waals surface area contributed by atoms with E-state index in [0.717, 1.165) is 52.1 Å². The number of rotatable bonds is 4. The van der Waals surface area contributed by atoms with Crippen molar-refractivity contribution >= 4 is 29.2 Å². The summed E-state index contributed by atoms with van der Waals surface area (Å²) in [5.74, 6) is -4.60. The van der Waals surface area contributed by atoms with Gasteiger partial charge in [0.25, 0.3) is 0 Å². The van der Waals surface area contributed by atoms with E-state index in [4.69, 9.17) is 19.8 Å². The van der Waals surface area contributed by atoms with Gasteiger partial charge in [0.1, 0.15) is 5.54 Å². The van der Waals surface area contributed by atoms with E-state index in [1.807, 2.05) is 11.3 Å². The molecule has 2 N–H and O–H groups in total. The smallest absolute Gasteiger partial charge is 0.475 e. The average Bonchev–Trinajstić information content (AvgIpc) is 3.19. The maximum atomic E-state index is 13.2. The van der Waals surface area contributed by atoms with Gasteiger partial charge in [-0.15, -0.1) is 11.3 Å². The number of alkyl halides is 6. The number of likely N-dealkylation sites (tertiary alicyclic amines) is 1. The number of hydrogen-bond donors (Lipinski definition) is 2. The van der Waals surface area contributed by atoms with Crippen LogP contribution in [0.3, 0.4) is 0 Å². The number of piperidine rings is 1. The lowest BCUT2D eigenvalue weighted by molar-refractivity contribution is -0.193. The molecule has 8 nitrogen and oxygen atoms in total. The van der Waals surface area contributed by atoms with E-state index in [9.17, 15) is 31.1 Å². The van der Waals surface area contributed by atoms with Gasteiger partial charge < -0.3 is 15.1 Å². The van der Waals surface area contributed by atoms with Crippen LogP contribution >= 0.6 is 11.3 Å².